The summed E-state index contributed by atoms with van der Waals surface area (Å²) in [6, 6.07) is 32.1. The van der Waals surface area contributed by atoms with Crippen LogP contribution in [0.1, 0.15) is 41.5 Å². The molecule has 0 atom stereocenters. The maximum atomic E-state index is 2.34. The monoisotopic (exact) mass is 602 g/mol. The molecule has 5 heteroatoms. The molecule has 4 rings (SSSR count). The number of halogens is 2. The third-order valence-corrected chi connectivity index (χ3v) is 11.6. The Bertz CT molecular complexity index is 1010. The second-order valence-electron chi connectivity index (χ2n) is 8.29. The fourth-order valence-electron chi connectivity index (χ4n) is 4.18. The summed E-state index contributed by atoms with van der Waals surface area (Å²) in [7, 11) is -0.566. The smallest absolute Gasteiger partial charge is 1.00 e. The van der Waals surface area contributed by atoms with Gasteiger partial charge in [0, 0.05) is 17.6 Å². The first kappa shape index (κ1) is 33.4. The van der Waals surface area contributed by atoms with Crippen LogP contribution in [0.4, 0.5) is 0 Å². The maximum Gasteiger partial charge on any atom is -1.00 e. The summed E-state index contributed by atoms with van der Waals surface area (Å²) in [5.41, 5.74) is 0. The molecule has 0 aliphatic rings. The van der Waals surface area contributed by atoms with Crippen molar-refractivity contribution in [1.29, 1.82) is 0 Å². The molecule has 0 aliphatic heterocycles. The predicted molar refractivity (Wildman–Crippen MR) is 148 cm³/mol. The molecule has 4 aromatic carbocycles. The molecule has 0 bridgehead atoms. The predicted octanol–water partition coefficient (Wildman–Crippen LogP) is 1.35. The molecule has 0 nitrogen and oxygen atoms in total. The van der Waals surface area contributed by atoms with Gasteiger partial charge in [-0.2, -0.15) is 33.3 Å². The van der Waals surface area contributed by atoms with Crippen LogP contribution in [0.3, 0.4) is 0 Å². The Kier molecular flexibility index (Phi) is 17.5. The Morgan fingerprint density at radius 1 is 0.647 bits per heavy atom. The van der Waals surface area contributed by atoms with E-state index in [9.17, 15) is 0 Å². The summed E-state index contributed by atoms with van der Waals surface area (Å²) in [6.45, 7) is 13.5. The van der Waals surface area contributed by atoms with Crippen LogP contribution in [-0.2, 0) is 24.2 Å². The van der Waals surface area contributed by atoms with Crippen molar-refractivity contribution in [1.82, 2.24) is 0 Å². The van der Waals surface area contributed by atoms with Crippen molar-refractivity contribution >= 4 is 52.7 Å². The van der Waals surface area contributed by atoms with E-state index in [1.807, 2.05) is 0 Å². The maximum absolute atomic E-state index is 2.34. The summed E-state index contributed by atoms with van der Waals surface area (Å²) >= 11 is 1.55. The zero-order valence-corrected chi connectivity index (χ0v) is 27.5. The normalized spacial score (nSPS) is 10.2. The Hall–Kier alpha value is -0.573. The first-order chi connectivity index (χ1) is 15.5. The molecule has 182 valence electrons. The van der Waals surface area contributed by atoms with Crippen LogP contribution in [0.25, 0.3) is 21.5 Å². The van der Waals surface area contributed by atoms with Crippen LogP contribution in [0.15, 0.2) is 72.8 Å². The van der Waals surface area contributed by atoms with Crippen LogP contribution >= 0.6 is 0 Å². The Labute approximate surface area is 238 Å². The molecule has 2 radical (unpaired) electrons. The molecular weight excluding hydrogens is 567 g/mol. The summed E-state index contributed by atoms with van der Waals surface area (Å²) in [5.74, 6) is 0. The van der Waals surface area contributed by atoms with Gasteiger partial charge < -0.3 is 24.8 Å². The summed E-state index contributed by atoms with van der Waals surface area (Å²) in [5, 5.41) is 9.07. The van der Waals surface area contributed by atoms with E-state index in [0.717, 1.165) is 0 Å². The number of benzene rings is 2. The van der Waals surface area contributed by atoms with Crippen LogP contribution < -0.4 is 35.2 Å². The molecule has 0 saturated heterocycles. The Balaban J connectivity index is 0.000000528. The molecule has 0 saturated carbocycles. The van der Waals surface area contributed by atoms with Crippen LogP contribution in [0.2, 0.25) is 24.2 Å². The van der Waals surface area contributed by atoms with Crippen molar-refractivity contribution in [2.45, 2.75) is 65.7 Å². The summed E-state index contributed by atoms with van der Waals surface area (Å²) in [6.07, 6.45) is 0. The third-order valence-electron chi connectivity index (χ3n) is 5.83. The third kappa shape index (κ3) is 9.47. The minimum Gasteiger partial charge on any atom is -1.00 e. The quantitative estimate of drug-likeness (QED) is 0.231. The van der Waals surface area contributed by atoms with E-state index in [1.165, 1.54) is 48.9 Å². The largest absolute Gasteiger partial charge is 1.00 e. The fraction of sp³-hybridized carbons (Fsp3) is 0.345. The van der Waals surface area contributed by atoms with Gasteiger partial charge in [0.2, 0.25) is 0 Å². The van der Waals surface area contributed by atoms with Gasteiger partial charge in [-0.15, -0.1) is 59.3 Å². The van der Waals surface area contributed by atoms with E-state index in [4.69, 9.17) is 0 Å². The van der Waals surface area contributed by atoms with E-state index in [-0.39, 0.29) is 42.4 Å². The van der Waals surface area contributed by atoms with Gasteiger partial charge in [0.05, 0.1) is 0 Å². The molecule has 0 N–H and O–H groups in total. The van der Waals surface area contributed by atoms with Crippen molar-refractivity contribution in [2.24, 2.45) is 0 Å². The zero-order valence-electron chi connectivity index (χ0n) is 21.5. The van der Waals surface area contributed by atoms with E-state index in [0.29, 0.717) is 0 Å². The number of hydrogen-bond acceptors (Lipinski definition) is 0. The first-order valence-corrected chi connectivity index (χ1v) is 17.0. The second-order valence-corrected chi connectivity index (χ2v) is 17.1. The van der Waals surface area contributed by atoms with Gasteiger partial charge in [-0.3, -0.25) is 0 Å². The fourth-order valence-corrected chi connectivity index (χ4v) is 8.56. The number of hydrogen-bond donors (Lipinski definition) is 0. The van der Waals surface area contributed by atoms with E-state index in [1.54, 1.807) is 34.6 Å². The molecule has 34 heavy (non-hydrogen) atoms. The molecule has 0 heterocycles. The molecule has 0 spiro atoms. The van der Waals surface area contributed by atoms with E-state index in [2.05, 4.69) is 114 Å². The van der Waals surface area contributed by atoms with Crippen molar-refractivity contribution in [3.8, 4) is 0 Å². The van der Waals surface area contributed by atoms with E-state index < -0.39 is 0 Å². The molecule has 0 aliphatic carbocycles. The second kappa shape index (κ2) is 17.8. The average molecular weight is 605 g/mol. The average Bonchev–Trinajstić information content (AvgIpc) is 3.41. The summed E-state index contributed by atoms with van der Waals surface area (Å²) < 4.78 is 1.51. The van der Waals surface area contributed by atoms with Gasteiger partial charge in [-0.1, -0.05) is 64.0 Å². The van der Waals surface area contributed by atoms with Gasteiger partial charge in [-0.25, -0.2) is 0 Å². The Morgan fingerprint density at radius 2 is 0.941 bits per heavy atom. The van der Waals surface area contributed by atoms with Gasteiger partial charge in [0.25, 0.3) is 0 Å². The molecular formula is C29H38Cl2Si2Zr-2. The van der Waals surface area contributed by atoms with Crippen LogP contribution in [0.5, 0.6) is 0 Å². The van der Waals surface area contributed by atoms with Gasteiger partial charge in [0.1, 0.15) is 0 Å². The molecule has 0 unspecified atom stereocenters. The number of rotatable bonds is 6. The van der Waals surface area contributed by atoms with Crippen molar-refractivity contribution < 1.29 is 49.0 Å². The molecule has 0 fully saturated rings. The first-order valence-electron chi connectivity index (χ1n) is 12.0. The van der Waals surface area contributed by atoms with Crippen LogP contribution in [0, 0.1) is 0 Å². The van der Waals surface area contributed by atoms with Crippen molar-refractivity contribution in [2.75, 3.05) is 0 Å². The minimum atomic E-state index is -0.283. The SMILES string of the molecule is CC[Si](CC)c1c[cH-]c2ccccc12.CC[Si](CC)c1c[cH-]c2ccccc12.C[C](C)=[Zr+2].[Cl-].[Cl-]. The van der Waals surface area contributed by atoms with Gasteiger partial charge >= 0.3 is 41.3 Å². The topological polar surface area (TPSA) is 0 Å². The van der Waals surface area contributed by atoms with Crippen molar-refractivity contribution in [3.05, 3.63) is 72.8 Å². The van der Waals surface area contributed by atoms with Crippen LogP contribution in [-0.4, -0.2) is 20.8 Å². The number of fused-ring (bicyclic) bond motifs is 2. The van der Waals surface area contributed by atoms with E-state index >= 15 is 0 Å². The molecule has 0 aromatic heterocycles. The summed E-state index contributed by atoms with van der Waals surface area (Å²) in [4.78, 5) is 0. The van der Waals surface area contributed by atoms with Gasteiger partial charge in [-0.05, 0) is 0 Å². The minimum absolute atomic E-state index is 0. The van der Waals surface area contributed by atoms with Gasteiger partial charge in [0.15, 0.2) is 0 Å². The molecule has 0 amide bonds. The van der Waals surface area contributed by atoms with Crippen molar-refractivity contribution in [3.63, 3.8) is 0 Å². The standard InChI is InChI=1S/2C13H16Si.C3H6.2ClH.Zr/c2*1-3-14(4-2)13-10-9-11-7-5-6-8-12(11)13;1-3-2;;;/h2*5-10H,3-4H2,1-2H3;1-2H3;2*1H;/q2*-1;;;;+2/p-2. The molecule has 4 aromatic rings. The zero-order chi connectivity index (χ0) is 23.5. The Morgan fingerprint density at radius 3 is 1.24 bits per heavy atom.